The minimum atomic E-state index is -0.109. The average molecular weight is 282 g/mol. The minimum Gasteiger partial charge on any atom is -0.466 e. The van der Waals surface area contributed by atoms with Gasteiger partial charge in [-0.2, -0.15) is 0 Å². The molecule has 0 aliphatic carbocycles. The number of likely N-dealkylation sites (tertiary alicyclic amines) is 2. The van der Waals surface area contributed by atoms with E-state index in [1.807, 2.05) is 11.8 Å². The lowest BCUT2D eigenvalue weighted by Crippen LogP contribution is -2.47. The highest BCUT2D eigenvalue weighted by atomic mass is 16.5. The summed E-state index contributed by atoms with van der Waals surface area (Å²) in [7, 11) is 0. The van der Waals surface area contributed by atoms with Crippen LogP contribution in [0.5, 0.6) is 0 Å². The normalized spacial score (nSPS) is 24.4. The molecule has 2 aliphatic rings. The van der Waals surface area contributed by atoms with Crippen LogP contribution in [0, 0.1) is 5.92 Å². The molecule has 1 unspecified atom stereocenters. The van der Waals surface area contributed by atoms with Crippen LogP contribution in [0.1, 0.15) is 39.0 Å². The van der Waals surface area contributed by atoms with Crippen LogP contribution >= 0.6 is 0 Å². The molecule has 0 aromatic rings. The standard InChI is InChI=1S/C15H26N2O3/c1-2-20-15(19)13-7-6-8-16(11-13)12-14(18)17-9-4-3-5-10-17/h13H,2-12H2,1H3. The molecular weight excluding hydrogens is 256 g/mol. The van der Waals surface area contributed by atoms with Crippen LogP contribution in [-0.2, 0) is 14.3 Å². The number of esters is 1. The van der Waals surface area contributed by atoms with Crippen molar-refractivity contribution < 1.29 is 14.3 Å². The third kappa shape index (κ3) is 4.20. The summed E-state index contributed by atoms with van der Waals surface area (Å²) in [6, 6.07) is 0. The number of rotatable bonds is 4. The van der Waals surface area contributed by atoms with Crippen molar-refractivity contribution in [2.24, 2.45) is 5.92 Å². The number of amides is 1. The summed E-state index contributed by atoms with van der Waals surface area (Å²) in [5.41, 5.74) is 0. The molecule has 2 saturated heterocycles. The van der Waals surface area contributed by atoms with Crippen molar-refractivity contribution in [1.82, 2.24) is 9.80 Å². The lowest BCUT2D eigenvalue weighted by molar-refractivity contribution is -0.150. The highest BCUT2D eigenvalue weighted by molar-refractivity contribution is 5.78. The van der Waals surface area contributed by atoms with Crippen molar-refractivity contribution in [2.45, 2.75) is 39.0 Å². The fraction of sp³-hybridized carbons (Fsp3) is 0.867. The highest BCUT2D eigenvalue weighted by Gasteiger charge is 2.28. The minimum absolute atomic E-state index is 0.0575. The largest absolute Gasteiger partial charge is 0.466 e. The van der Waals surface area contributed by atoms with Gasteiger partial charge in [0.1, 0.15) is 0 Å². The first-order valence-corrected chi connectivity index (χ1v) is 7.87. The van der Waals surface area contributed by atoms with E-state index < -0.39 is 0 Å². The highest BCUT2D eigenvalue weighted by Crippen LogP contribution is 2.18. The van der Waals surface area contributed by atoms with E-state index in [-0.39, 0.29) is 17.8 Å². The second kappa shape index (κ2) is 7.62. The summed E-state index contributed by atoms with van der Waals surface area (Å²) in [5, 5.41) is 0. The zero-order valence-electron chi connectivity index (χ0n) is 12.5. The van der Waals surface area contributed by atoms with Crippen LogP contribution in [0.4, 0.5) is 0 Å². The smallest absolute Gasteiger partial charge is 0.310 e. The van der Waals surface area contributed by atoms with Gasteiger partial charge in [-0.15, -0.1) is 0 Å². The third-order valence-corrected chi connectivity index (χ3v) is 4.19. The summed E-state index contributed by atoms with van der Waals surface area (Å²) < 4.78 is 5.09. The SMILES string of the molecule is CCOC(=O)C1CCCN(CC(=O)N2CCCCC2)C1. The summed E-state index contributed by atoms with van der Waals surface area (Å²) in [4.78, 5) is 28.1. The Morgan fingerprint density at radius 1 is 1.10 bits per heavy atom. The van der Waals surface area contributed by atoms with Crippen LogP contribution < -0.4 is 0 Å². The molecular formula is C15H26N2O3. The van der Waals surface area contributed by atoms with E-state index in [9.17, 15) is 9.59 Å². The summed E-state index contributed by atoms with van der Waals surface area (Å²) in [5.74, 6) is 0.0506. The summed E-state index contributed by atoms with van der Waals surface area (Å²) in [6.07, 6.45) is 5.33. The Labute approximate surface area is 121 Å². The van der Waals surface area contributed by atoms with E-state index in [2.05, 4.69) is 4.90 Å². The van der Waals surface area contributed by atoms with Crippen molar-refractivity contribution in [3.05, 3.63) is 0 Å². The van der Waals surface area contributed by atoms with Gasteiger partial charge in [0.2, 0.25) is 5.91 Å². The molecule has 0 N–H and O–H groups in total. The van der Waals surface area contributed by atoms with E-state index in [1.54, 1.807) is 0 Å². The second-order valence-electron chi connectivity index (χ2n) is 5.77. The van der Waals surface area contributed by atoms with Gasteiger partial charge >= 0.3 is 5.97 Å². The van der Waals surface area contributed by atoms with E-state index in [1.165, 1.54) is 6.42 Å². The Kier molecular flexibility index (Phi) is 5.83. The number of hydrogen-bond donors (Lipinski definition) is 0. The Morgan fingerprint density at radius 2 is 1.85 bits per heavy atom. The predicted molar refractivity (Wildman–Crippen MR) is 76.2 cm³/mol. The van der Waals surface area contributed by atoms with Gasteiger partial charge in [-0.05, 0) is 45.6 Å². The number of hydrogen-bond acceptors (Lipinski definition) is 4. The first-order valence-electron chi connectivity index (χ1n) is 7.87. The van der Waals surface area contributed by atoms with Gasteiger partial charge in [-0.3, -0.25) is 14.5 Å². The van der Waals surface area contributed by atoms with Crippen molar-refractivity contribution in [1.29, 1.82) is 0 Å². The summed E-state index contributed by atoms with van der Waals surface area (Å²) in [6.45, 7) is 6.09. The Balaban J connectivity index is 1.79. The summed E-state index contributed by atoms with van der Waals surface area (Å²) >= 11 is 0. The zero-order chi connectivity index (χ0) is 14.4. The molecule has 5 nitrogen and oxygen atoms in total. The lowest BCUT2D eigenvalue weighted by Gasteiger charge is -2.33. The molecule has 114 valence electrons. The molecule has 0 aromatic heterocycles. The monoisotopic (exact) mass is 282 g/mol. The molecule has 1 amide bonds. The van der Waals surface area contributed by atoms with Gasteiger partial charge in [0.25, 0.3) is 0 Å². The average Bonchev–Trinajstić information content (AvgIpc) is 2.48. The maximum atomic E-state index is 12.2. The van der Waals surface area contributed by atoms with Crippen LogP contribution in [0.15, 0.2) is 0 Å². The van der Waals surface area contributed by atoms with Crippen molar-refractivity contribution in [2.75, 3.05) is 39.3 Å². The Hall–Kier alpha value is -1.10. The molecule has 0 saturated carbocycles. The van der Waals surface area contributed by atoms with Gasteiger partial charge in [0.05, 0.1) is 19.1 Å². The number of carbonyl (C=O) groups is 2. The number of ether oxygens (including phenoxy) is 1. The number of nitrogens with zero attached hydrogens (tertiary/aromatic N) is 2. The molecule has 2 fully saturated rings. The maximum absolute atomic E-state index is 12.2. The quantitative estimate of drug-likeness (QED) is 0.729. The Bertz CT molecular complexity index is 340. The van der Waals surface area contributed by atoms with Crippen LogP contribution in [0.2, 0.25) is 0 Å². The van der Waals surface area contributed by atoms with Crippen LogP contribution in [0.3, 0.4) is 0 Å². The predicted octanol–water partition coefficient (Wildman–Crippen LogP) is 1.27. The number of piperidine rings is 2. The molecule has 0 bridgehead atoms. The van der Waals surface area contributed by atoms with Gasteiger partial charge in [0.15, 0.2) is 0 Å². The molecule has 0 spiro atoms. The molecule has 2 rings (SSSR count). The van der Waals surface area contributed by atoms with Crippen molar-refractivity contribution >= 4 is 11.9 Å². The van der Waals surface area contributed by atoms with Crippen molar-refractivity contribution in [3.8, 4) is 0 Å². The number of carbonyl (C=O) groups excluding carboxylic acids is 2. The topological polar surface area (TPSA) is 49.9 Å². The van der Waals surface area contributed by atoms with E-state index in [4.69, 9.17) is 4.74 Å². The zero-order valence-corrected chi connectivity index (χ0v) is 12.5. The Morgan fingerprint density at radius 3 is 2.55 bits per heavy atom. The molecule has 0 radical (unpaired) electrons. The van der Waals surface area contributed by atoms with E-state index >= 15 is 0 Å². The van der Waals surface area contributed by atoms with E-state index in [0.717, 1.165) is 45.3 Å². The first kappa shape index (κ1) is 15.3. The molecule has 5 heteroatoms. The van der Waals surface area contributed by atoms with Gasteiger partial charge < -0.3 is 9.64 Å². The fourth-order valence-electron chi connectivity index (χ4n) is 3.09. The van der Waals surface area contributed by atoms with Crippen LogP contribution in [0.25, 0.3) is 0 Å². The first-order chi connectivity index (χ1) is 9.70. The fourth-order valence-corrected chi connectivity index (χ4v) is 3.09. The van der Waals surface area contributed by atoms with E-state index in [0.29, 0.717) is 19.7 Å². The second-order valence-corrected chi connectivity index (χ2v) is 5.77. The molecule has 20 heavy (non-hydrogen) atoms. The third-order valence-electron chi connectivity index (χ3n) is 4.19. The van der Waals surface area contributed by atoms with Gasteiger partial charge in [-0.25, -0.2) is 0 Å². The van der Waals surface area contributed by atoms with Crippen molar-refractivity contribution in [3.63, 3.8) is 0 Å². The van der Waals surface area contributed by atoms with Gasteiger partial charge in [-0.1, -0.05) is 0 Å². The maximum Gasteiger partial charge on any atom is 0.310 e. The van der Waals surface area contributed by atoms with Gasteiger partial charge in [0, 0.05) is 19.6 Å². The molecule has 1 atom stereocenters. The lowest BCUT2D eigenvalue weighted by atomic mass is 9.98. The molecule has 0 aromatic carbocycles. The van der Waals surface area contributed by atoms with Crippen LogP contribution in [-0.4, -0.2) is 61.0 Å². The molecule has 2 aliphatic heterocycles. The molecule has 2 heterocycles.